The Morgan fingerprint density at radius 2 is 1.12 bits per heavy atom. The van der Waals surface area contributed by atoms with E-state index in [-0.39, 0.29) is 38.4 Å². The maximum absolute atomic E-state index is 14.2. The third-order valence-electron chi connectivity index (χ3n) is 11.0. The standard InChI is InChI=1S/C53H59N7O7/c1-2-16-44(52(64)67-34-37-19-7-4-8-20-37)60-51(63)43(26-15-32-57-53(55)56)59-50(62)42(25-13-14-31-54)58-47(61)35-66-46-30-28-39-22-10-12-24-41(39)49(46)48-40-23-11-9-21-38(40)27-29-45(48)65-33-36-17-5-3-6-18-36/h2-12,17-24,27-30,42-44H,1,13-16,25-26,31-35,54H2,(H,58,61)(H,59,62)(H,60,63)(H4,55,56,57)/t42-,43-,44+/m1/s1. The number of hydrogen-bond donors (Lipinski definition) is 6. The van der Waals surface area contributed by atoms with E-state index < -0.39 is 48.4 Å². The number of nitrogens with zero attached hydrogens (tertiary/aromatic N) is 1. The number of rotatable bonds is 25. The van der Waals surface area contributed by atoms with E-state index in [9.17, 15) is 19.2 Å². The van der Waals surface area contributed by atoms with Crippen LogP contribution in [0.15, 0.2) is 151 Å². The molecule has 0 saturated heterocycles. The summed E-state index contributed by atoms with van der Waals surface area (Å²) < 4.78 is 18.5. The van der Waals surface area contributed by atoms with Crippen LogP contribution in [0.25, 0.3) is 32.7 Å². The average molecular weight is 906 g/mol. The second kappa shape index (κ2) is 25.1. The van der Waals surface area contributed by atoms with Gasteiger partial charge in [-0.2, -0.15) is 0 Å². The number of carbonyl (C=O) groups excluding carboxylic acids is 4. The van der Waals surface area contributed by atoms with Crippen molar-refractivity contribution in [2.24, 2.45) is 22.2 Å². The lowest BCUT2D eigenvalue weighted by molar-refractivity contribution is -0.149. The molecule has 6 aromatic rings. The van der Waals surface area contributed by atoms with Crippen LogP contribution in [0.2, 0.25) is 0 Å². The first-order chi connectivity index (χ1) is 32.6. The number of carbonyl (C=O) groups is 4. The van der Waals surface area contributed by atoms with Crippen LogP contribution in [-0.2, 0) is 37.1 Å². The van der Waals surface area contributed by atoms with E-state index in [0.29, 0.717) is 43.9 Å². The largest absolute Gasteiger partial charge is 0.488 e. The number of unbranched alkanes of at least 4 members (excludes halogenated alkanes) is 1. The van der Waals surface area contributed by atoms with Gasteiger partial charge in [0.2, 0.25) is 11.8 Å². The Balaban J connectivity index is 1.22. The molecule has 14 heteroatoms. The van der Waals surface area contributed by atoms with Crippen LogP contribution in [0.4, 0.5) is 0 Å². The van der Waals surface area contributed by atoms with Crippen molar-refractivity contribution in [1.29, 1.82) is 0 Å². The van der Waals surface area contributed by atoms with Crippen molar-refractivity contribution in [3.8, 4) is 22.6 Å². The van der Waals surface area contributed by atoms with E-state index in [2.05, 4.69) is 27.5 Å². The molecule has 0 fully saturated rings. The zero-order chi connectivity index (χ0) is 47.4. The van der Waals surface area contributed by atoms with Crippen molar-refractivity contribution in [2.75, 3.05) is 19.7 Å². The molecule has 6 aromatic carbocycles. The number of aliphatic imine (C=N–C) groups is 1. The molecule has 0 aromatic heterocycles. The van der Waals surface area contributed by atoms with Gasteiger partial charge >= 0.3 is 5.97 Å². The van der Waals surface area contributed by atoms with Gasteiger partial charge in [-0.05, 0) is 89.9 Å². The number of nitrogens with two attached hydrogens (primary N) is 3. The first kappa shape index (κ1) is 48.7. The SMILES string of the molecule is C=CC[C@H](NC(=O)[C@@H](CCCN=C(N)N)NC(=O)[C@@H](CCCCN)NC(=O)COc1ccc2ccccc2c1-c1c(OCc2ccccc2)ccc2ccccc12)C(=O)OCc1ccccc1. The Morgan fingerprint density at radius 1 is 0.597 bits per heavy atom. The second-order valence-corrected chi connectivity index (χ2v) is 16.0. The van der Waals surface area contributed by atoms with Gasteiger partial charge in [0.25, 0.3) is 5.91 Å². The van der Waals surface area contributed by atoms with Gasteiger partial charge in [-0.15, -0.1) is 6.58 Å². The molecule has 348 valence electrons. The van der Waals surface area contributed by atoms with Gasteiger partial charge in [0.15, 0.2) is 12.6 Å². The number of esters is 1. The van der Waals surface area contributed by atoms with Gasteiger partial charge in [-0.3, -0.25) is 19.4 Å². The molecule has 0 aliphatic heterocycles. The summed E-state index contributed by atoms with van der Waals surface area (Å²) in [5.74, 6) is -1.52. The highest BCUT2D eigenvalue weighted by Gasteiger charge is 2.30. The number of fused-ring (bicyclic) bond motifs is 2. The van der Waals surface area contributed by atoms with Crippen molar-refractivity contribution in [1.82, 2.24) is 16.0 Å². The first-order valence-corrected chi connectivity index (χ1v) is 22.5. The minimum atomic E-state index is -1.14. The van der Waals surface area contributed by atoms with Crippen molar-refractivity contribution in [2.45, 2.75) is 69.9 Å². The molecule has 0 spiro atoms. The smallest absolute Gasteiger partial charge is 0.329 e. The van der Waals surface area contributed by atoms with Gasteiger partial charge in [-0.25, -0.2) is 4.79 Å². The van der Waals surface area contributed by atoms with Gasteiger partial charge < -0.3 is 47.4 Å². The summed E-state index contributed by atoms with van der Waals surface area (Å²) in [5, 5.41) is 12.2. The summed E-state index contributed by atoms with van der Waals surface area (Å²) in [6.07, 6.45) is 3.31. The summed E-state index contributed by atoms with van der Waals surface area (Å²) in [4.78, 5) is 59.2. The normalized spacial score (nSPS) is 12.3. The maximum Gasteiger partial charge on any atom is 0.329 e. The number of ether oxygens (including phenoxy) is 3. The molecular formula is C53H59N7O7. The van der Waals surface area contributed by atoms with Crippen LogP contribution >= 0.6 is 0 Å². The highest BCUT2D eigenvalue weighted by Crippen LogP contribution is 2.45. The van der Waals surface area contributed by atoms with Gasteiger partial charge in [-0.1, -0.05) is 127 Å². The zero-order valence-corrected chi connectivity index (χ0v) is 37.5. The summed E-state index contributed by atoms with van der Waals surface area (Å²) in [7, 11) is 0. The predicted octanol–water partition coefficient (Wildman–Crippen LogP) is 6.57. The average Bonchev–Trinajstić information content (AvgIpc) is 3.35. The van der Waals surface area contributed by atoms with Gasteiger partial charge in [0.05, 0.1) is 0 Å². The Labute approximate surface area is 390 Å². The summed E-state index contributed by atoms with van der Waals surface area (Å²) in [6.45, 7) is 4.19. The maximum atomic E-state index is 14.2. The lowest BCUT2D eigenvalue weighted by Gasteiger charge is -2.25. The van der Waals surface area contributed by atoms with Crippen molar-refractivity contribution in [3.63, 3.8) is 0 Å². The molecule has 0 heterocycles. The third kappa shape index (κ3) is 14.1. The summed E-state index contributed by atoms with van der Waals surface area (Å²) in [6, 6.07) is 39.5. The van der Waals surface area contributed by atoms with Crippen LogP contribution in [0.3, 0.4) is 0 Å². The fraction of sp³-hybridized carbons (Fsp3) is 0.264. The number of amides is 3. The lowest BCUT2D eigenvalue weighted by atomic mass is 9.92. The van der Waals surface area contributed by atoms with Crippen LogP contribution in [-0.4, -0.2) is 67.5 Å². The van der Waals surface area contributed by atoms with Crippen molar-refractivity contribution < 1.29 is 33.4 Å². The summed E-state index contributed by atoms with van der Waals surface area (Å²) in [5.41, 5.74) is 20.2. The Morgan fingerprint density at radius 3 is 1.70 bits per heavy atom. The number of nitrogens with one attached hydrogen (secondary N) is 3. The Kier molecular flexibility index (Phi) is 18.3. The lowest BCUT2D eigenvalue weighted by Crippen LogP contribution is -2.56. The molecule has 0 unspecified atom stereocenters. The first-order valence-electron chi connectivity index (χ1n) is 22.5. The number of hydrogen-bond acceptors (Lipinski definition) is 9. The molecule has 6 rings (SSSR count). The Hall–Kier alpha value is -7.71. The van der Waals surface area contributed by atoms with Crippen molar-refractivity contribution in [3.05, 3.63) is 157 Å². The Bertz CT molecular complexity index is 2640. The number of guanidine groups is 1. The van der Waals surface area contributed by atoms with E-state index in [4.69, 9.17) is 31.4 Å². The second-order valence-electron chi connectivity index (χ2n) is 16.0. The number of benzene rings is 6. The predicted molar refractivity (Wildman–Crippen MR) is 263 cm³/mol. The van der Waals surface area contributed by atoms with Crippen LogP contribution in [0, 0.1) is 0 Å². The van der Waals surface area contributed by atoms with Gasteiger partial charge in [0.1, 0.15) is 42.8 Å². The molecule has 3 atom stereocenters. The van der Waals surface area contributed by atoms with Crippen LogP contribution < -0.4 is 42.6 Å². The zero-order valence-electron chi connectivity index (χ0n) is 37.5. The molecule has 67 heavy (non-hydrogen) atoms. The van der Waals surface area contributed by atoms with Gasteiger partial charge in [0, 0.05) is 17.7 Å². The minimum absolute atomic E-state index is 0.00527. The van der Waals surface area contributed by atoms with Crippen LogP contribution in [0.1, 0.15) is 49.7 Å². The molecule has 14 nitrogen and oxygen atoms in total. The molecule has 0 bridgehead atoms. The van der Waals surface area contributed by atoms with Crippen LogP contribution in [0.5, 0.6) is 11.5 Å². The third-order valence-corrected chi connectivity index (χ3v) is 11.0. The van der Waals surface area contributed by atoms with E-state index in [1.807, 2.05) is 133 Å². The monoisotopic (exact) mass is 905 g/mol. The van der Waals surface area contributed by atoms with E-state index in [0.717, 1.165) is 43.8 Å². The molecule has 0 saturated carbocycles. The topological polar surface area (TPSA) is 222 Å². The molecule has 0 radical (unpaired) electrons. The fourth-order valence-electron chi connectivity index (χ4n) is 7.66. The fourth-order valence-corrected chi connectivity index (χ4v) is 7.66. The van der Waals surface area contributed by atoms with Crippen molar-refractivity contribution >= 4 is 51.2 Å². The van der Waals surface area contributed by atoms with E-state index >= 15 is 0 Å². The molecule has 3 amide bonds. The minimum Gasteiger partial charge on any atom is -0.488 e. The van der Waals surface area contributed by atoms with E-state index in [1.54, 1.807) is 0 Å². The quantitative estimate of drug-likeness (QED) is 0.0119. The molecular weight excluding hydrogens is 847 g/mol. The highest BCUT2D eigenvalue weighted by atomic mass is 16.5. The van der Waals surface area contributed by atoms with E-state index in [1.165, 1.54) is 6.08 Å². The molecule has 9 N–H and O–H groups in total. The summed E-state index contributed by atoms with van der Waals surface area (Å²) >= 11 is 0. The molecule has 0 aliphatic rings. The molecule has 0 aliphatic carbocycles. The highest BCUT2D eigenvalue weighted by molar-refractivity contribution is 6.10.